The van der Waals surface area contributed by atoms with Gasteiger partial charge in [-0.1, -0.05) is 35.5 Å². The van der Waals surface area contributed by atoms with E-state index in [0.29, 0.717) is 23.7 Å². The van der Waals surface area contributed by atoms with Gasteiger partial charge in [-0.25, -0.2) is 0 Å². The Morgan fingerprint density at radius 3 is 2.50 bits per heavy atom. The van der Waals surface area contributed by atoms with Gasteiger partial charge in [-0.05, 0) is 55.9 Å². The van der Waals surface area contributed by atoms with Crippen LogP contribution in [0.15, 0.2) is 48.5 Å². The molecule has 4 atom stereocenters. The fourth-order valence-electron chi connectivity index (χ4n) is 5.71. The van der Waals surface area contributed by atoms with Gasteiger partial charge in [0.25, 0.3) is 0 Å². The quantitative estimate of drug-likeness (QED) is 0.357. The zero-order chi connectivity index (χ0) is 24.8. The highest BCUT2D eigenvalue weighted by atomic mass is 35.5. The maximum atomic E-state index is 12.9. The first-order chi connectivity index (χ1) is 17.4. The van der Waals surface area contributed by atoms with Gasteiger partial charge in [-0.3, -0.25) is 0 Å². The van der Waals surface area contributed by atoms with E-state index in [1.807, 2.05) is 18.2 Å². The molecule has 0 spiro atoms. The molecule has 3 aromatic rings. The first-order valence-corrected chi connectivity index (χ1v) is 12.2. The number of nitrogens with zero attached hydrogens (tertiary/aromatic N) is 3. The van der Waals surface area contributed by atoms with Crippen LogP contribution in [0.2, 0.25) is 0 Å². The van der Waals surface area contributed by atoms with E-state index in [0.717, 1.165) is 37.7 Å². The number of benzene rings is 2. The Kier molecular flexibility index (Phi) is 8.41. The summed E-state index contributed by atoms with van der Waals surface area (Å²) >= 11 is 0. The van der Waals surface area contributed by atoms with Gasteiger partial charge in [-0.2, -0.15) is 5.21 Å². The van der Waals surface area contributed by atoms with Crippen LogP contribution < -0.4 is 20.1 Å². The molecule has 38 heavy (non-hydrogen) atoms. The first kappa shape index (κ1) is 28.4. The van der Waals surface area contributed by atoms with Gasteiger partial charge in [0.05, 0.1) is 11.6 Å². The smallest absolute Gasteiger partial charge is 0.490 e. The van der Waals surface area contributed by atoms with E-state index in [2.05, 4.69) is 48.1 Å². The Morgan fingerprint density at radius 1 is 1.03 bits per heavy atom. The molecule has 13 heteroatoms. The highest BCUT2D eigenvalue weighted by Crippen LogP contribution is 2.49. The average Bonchev–Trinajstić information content (AvgIpc) is 3.39. The standard InChI is InChI=1S/C25H27F3N6O2.2ClH/c26-25(27,28)36-18-8-10-21(35-17-6-7-17)15(12-18)14-29-22-11-9-20-19(23-31-33-34-32-23)13-24(22,30-20)16-4-2-1-3-5-16;;/h1-5,8,10,12,17,19-20,22,29-30H,6-7,9,11,13-14H2,(H,31,32,33,34);2*1H. The molecule has 3 heterocycles. The van der Waals surface area contributed by atoms with Crippen LogP contribution in [0, 0.1) is 0 Å². The molecule has 0 radical (unpaired) electrons. The number of halogens is 5. The second-order valence-electron chi connectivity index (χ2n) is 9.81. The van der Waals surface area contributed by atoms with Gasteiger partial charge in [0.1, 0.15) is 11.5 Å². The molecule has 8 nitrogen and oxygen atoms in total. The summed E-state index contributed by atoms with van der Waals surface area (Å²) in [7, 11) is 0. The van der Waals surface area contributed by atoms with Crippen molar-refractivity contribution in [2.45, 2.75) is 74.7 Å². The third-order valence-electron chi connectivity index (χ3n) is 7.44. The third-order valence-corrected chi connectivity index (χ3v) is 7.44. The van der Waals surface area contributed by atoms with E-state index in [4.69, 9.17) is 4.74 Å². The van der Waals surface area contributed by atoms with Gasteiger partial charge in [0, 0.05) is 30.1 Å². The molecule has 0 amide bonds. The van der Waals surface area contributed by atoms with Crippen LogP contribution in [0.4, 0.5) is 13.2 Å². The molecule has 3 aliphatic rings. The number of fused-ring (bicyclic) bond motifs is 2. The van der Waals surface area contributed by atoms with Crippen molar-refractivity contribution in [2.24, 2.45) is 0 Å². The summed E-state index contributed by atoms with van der Waals surface area (Å²) < 4.78 is 48.8. The second kappa shape index (κ2) is 11.3. The van der Waals surface area contributed by atoms with Crippen LogP contribution in [0.25, 0.3) is 0 Å². The van der Waals surface area contributed by atoms with Crippen molar-refractivity contribution in [3.05, 3.63) is 65.5 Å². The molecule has 1 aliphatic carbocycles. The number of hydrogen-bond donors (Lipinski definition) is 3. The molecular weight excluding hydrogens is 544 g/mol. The normalized spacial score (nSPS) is 26.2. The van der Waals surface area contributed by atoms with Crippen molar-refractivity contribution < 1.29 is 22.6 Å². The maximum absolute atomic E-state index is 12.9. The minimum absolute atomic E-state index is 0. The number of rotatable bonds is 8. The molecule has 2 bridgehead atoms. The lowest BCUT2D eigenvalue weighted by Crippen LogP contribution is -2.58. The molecule has 3 fully saturated rings. The largest absolute Gasteiger partial charge is 0.573 e. The molecular formula is C25H29Cl2F3N6O2. The first-order valence-electron chi connectivity index (χ1n) is 12.2. The SMILES string of the molecule is Cl.Cl.FC(F)(F)Oc1ccc(OC2CC2)c(CNC2CCC3NC2(c2ccccc2)CC3c2nn[nH]n2)c1. The van der Waals surface area contributed by atoms with Crippen molar-refractivity contribution in [1.29, 1.82) is 0 Å². The van der Waals surface area contributed by atoms with Crippen molar-refractivity contribution in [3.8, 4) is 11.5 Å². The Morgan fingerprint density at radius 2 is 1.82 bits per heavy atom. The van der Waals surface area contributed by atoms with Crippen molar-refractivity contribution in [3.63, 3.8) is 0 Å². The maximum Gasteiger partial charge on any atom is 0.573 e. The number of aromatic amines is 1. The predicted octanol–water partition coefficient (Wildman–Crippen LogP) is 4.78. The number of tetrazole rings is 1. The molecule has 4 unspecified atom stereocenters. The van der Waals surface area contributed by atoms with E-state index in [1.54, 1.807) is 6.07 Å². The van der Waals surface area contributed by atoms with E-state index in [9.17, 15) is 13.2 Å². The van der Waals surface area contributed by atoms with Crippen molar-refractivity contribution in [1.82, 2.24) is 31.3 Å². The summed E-state index contributed by atoms with van der Waals surface area (Å²) in [6.07, 6.45) is -0.144. The Balaban J connectivity index is 0.00000168. The van der Waals surface area contributed by atoms with Crippen LogP contribution in [0.1, 0.15) is 55.0 Å². The van der Waals surface area contributed by atoms with Crippen LogP contribution in [-0.2, 0) is 12.1 Å². The molecule has 2 aromatic carbocycles. The number of H-pyrrole nitrogens is 1. The molecule has 206 valence electrons. The lowest BCUT2D eigenvalue weighted by Gasteiger charge is -2.43. The summed E-state index contributed by atoms with van der Waals surface area (Å²) in [5.74, 6) is 1.14. The van der Waals surface area contributed by atoms with Crippen molar-refractivity contribution in [2.75, 3.05) is 0 Å². The van der Waals surface area contributed by atoms with Crippen molar-refractivity contribution >= 4 is 24.8 Å². The Labute approximate surface area is 230 Å². The number of ether oxygens (including phenoxy) is 2. The van der Waals surface area contributed by atoms with Crippen LogP contribution in [-0.4, -0.2) is 45.2 Å². The summed E-state index contributed by atoms with van der Waals surface area (Å²) in [5.41, 5.74) is 1.41. The number of alkyl halides is 3. The summed E-state index contributed by atoms with van der Waals surface area (Å²) in [6.45, 7) is 0.343. The zero-order valence-electron chi connectivity index (χ0n) is 20.3. The molecule has 2 aliphatic heterocycles. The second-order valence-corrected chi connectivity index (χ2v) is 9.81. The average molecular weight is 573 g/mol. The predicted molar refractivity (Wildman–Crippen MR) is 138 cm³/mol. The number of hydrogen-bond acceptors (Lipinski definition) is 7. The monoisotopic (exact) mass is 572 g/mol. The van der Waals surface area contributed by atoms with Gasteiger partial charge >= 0.3 is 6.36 Å². The highest BCUT2D eigenvalue weighted by Gasteiger charge is 2.54. The Hall–Kier alpha value is -2.60. The summed E-state index contributed by atoms with van der Waals surface area (Å²) in [5, 5.41) is 22.3. The van der Waals surface area contributed by atoms with Crippen LogP contribution >= 0.6 is 24.8 Å². The van der Waals surface area contributed by atoms with Crippen LogP contribution in [0.3, 0.4) is 0 Å². The molecule has 3 N–H and O–H groups in total. The lowest BCUT2D eigenvalue weighted by atomic mass is 9.78. The van der Waals surface area contributed by atoms with Gasteiger partial charge < -0.3 is 20.1 Å². The minimum atomic E-state index is -4.75. The number of nitrogens with one attached hydrogen (secondary N) is 3. The van der Waals surface area contributed by atoms with E-state index >= 15 is 0 Å². The van der Waals surface area contributed by atoms with E-state index < -0.39 is 6.36 Å². The molecule has 2 saturated heterocycles. The zero-order valence-corrected chi connectivity index (χ0v) is 21.9. The minimum Gasteiger partial charge on any atom is -0.490 e. The molecule has 6 rings (SSSR count). The summed E-state index contributed by atoms with van der Waals surface area (Å²) in [4.78, 5) is 0. The van der Waals surface area contributed by atoms with Gasteiger partial charge in [-0.15, -0.1) is 48.2 Å². The number of piperidine rings is 1. The van der Waals surface area contributed by atoms with Gasteiger partial charge in [0.15, 0.2) is 5.82 Å². The topological polar surface area (TPSA) is 97.0 Å². The molecule has 1 saturated carbocycles. The molecule has 1 aromatic heterocycles. The lowest BCUT2D eigenvalue weighted by molar-refractivity contribution is -0.274. The summed E-state index contributed by atoms with van der Waals surface area (Å²) in [6, 6.07) is 14.8. The van der Waals surface area contributed by atoms with Crippen LogP contribution in [0.5, 0.6) is 11.5 Å². The van der Waals surface area contributed by atoms with E-state index in [1.165, 1.54) is 12.1 Å². The Bertz CT molecular complexity index is 1200. The van der Waals surface area contributed by atoms with E-state index in [-0.39, 0.29) is 60.2 Å². The van der Waals surface area contributed by atoms with Gasteiger partial charge in [0.2, 0.25) is 0 Å². The fourth-order valence-corrected chi connectivity index (χ4v) is 5.71. The highest BCUT2D eigenvalue weighted by molar-refractivity contribution is 5.85. The third kappa shape index (κ3) is 5.85. The number of aromatic nitrogens is 4. The fraction of sp³-hybridized carbons (Fsp3) is 0.480.